The number of anilines is 2. The molecule has 1 aromatic heterocycles. The van der Waals surface area contributed by atoms with E-state index in [1.807, 2.05) is 5.32 Å². The fourth-order valence-corrected chi connectivity index (χ4v) is 2.99. The number of hydrogen-bond acceptors (Lipinski definition) is 6. The van der Waals surface area contributed by atoms with Crippen molar-refractivity contribution in [3.63, 3.8) is 0 Å². The quantitative estimate of drug-likeness (QED) is 0.266. The fourth-order valence-electron chi connectivity index (χ4n) is 2.78. The van der Waals surface area contributed by atoms with E-state index in [2.05, 4.69) is 15.4 Å². The molecule has 0 bridgehead atoms. The minimum absolute atomic E-state index is 0.0685. The SMILES string of the molecule is COc1cc(NC(=S)NC(=O)c2c(F)c(F)c(OC)c(F)c2F)ccc1NC(=O)c1ccco1. The Bertz CT molecular complexity index is 1240. The highest BCUT2D eigenvalue weighted by Crippen LogP contribution is 2.30. The number of rotatable bonds is 6. The third kappa shape index (κ3) is 4.93. The Morgan fingerprint density at radius 2 is 1.59 bits per heavy atom. The van der Waals surface area contributed by atoms with E-state index in [1.54, 1.807) is 6.07 Å². The van der Waals surface area contributed by atoms with Gasteiger partial charge in [0.05, 0.1) is 26.2 Å². The van der Waals surface area contributed by atoms with Crippen molar-refractivity contribution in [2.24, 2.45) is 0 Å². The van der Waals surface area contributed by atoms with Crippen LogP contribution in [0.25, 0.3) is 0 Å². The topological polar surface area (TPSA) is 102 Å². The predicted octanol–water partition coefficient (Wildman–Crippen LogP) is 4.23. The third-order valence-corrected chi connectivity index (χ3v) is 4.54. The van der Waals surface area contributed by atoms with Crippen LogP contribution in [0.1, 0.15) is 20.9 Å². The van der Waals surface area contributed by atoms with Crippen molar-refractivity contribution in [1.29, 1.82) is 0 Å². The number of amides is 2. The zero-order valence-corrected chi connectivity index (χ0v) is 18.2. The van der Waals surface area contributed by atoms with Gasteiger partial charge in [-0.25, -0.2) is 8.78 Å². The Hall–Kier alpha value is -4.13. The molecule has 0 unspecified atom stereocenters. The first-order chi connectivity index (χ1) is 16.2. The predicted molar refractivity (Wildman–Crippen MR) is 116 cm³/mol. The molecular formula is C21H15F4N3O5S. The monoisotopic (exact) mass is 497 g/mol. The number of ether oxygens (including phenoxy) is 2. The largest absolute Gasteiger partial charge is 0.494 e. The normalized spacial score (nSPS) is 10.4. The Balaban J connectivity index is 1.74. The van der Waals surface area contributed by atoms with Crippen LogP contribution in [-0.2, 0) is 0 Å². The summed E-state index contributed by atoms with van der Waals surface area (Å²) < 4.78 is 70.5. The van der Waals surface area contributed by atoms with E-state index in [0.29, 0.717) is 0 Å². The van der Waals surface area contributed by atoms with Crippen LogP contribution in [0.15, 0.2) is 41.0 Å². The highest BCUT2D eigenvalue weighted by molar-refractivity contribution is 7.80. The molecule has 0 aliphatic carbocycles. The van der Waals surface area contributed by atoms with Gasteiger partial charge < -0.3 is 24.5 Å². The summed E-state index contributed by atoms with van der Waals surface area (Å²) in [4.78, 5) is 24.4. The molecule has 0 saturated carbocycles. The van der Waals surface area contributed by atoms with Crippen molar-refractivity contribution in [2.75, 3.05) is 24.9 Å². The molecule has 0 aliphatic rings. The summed E-state index contributed by atoms with van der Waals surface area (Å²) in [7, 11) is 2.14. The van der Waals surface area contributed by atoms with Crippen molar-refractivity contribution < 1.29 is 41.0 Å². The molecule has 0 spiro atoms. The molecule has 3 aromatic rings. The van der Waals surface area contributed by atoms with E-state index in [-0.39, 0.29) is 22.9 Å². The number of furan rings is 1. The molecule has 2 aromatic carbocycles. The molecule has 2 amide bonds. The van der Waals surface area contributed by atoms with Crippen LogP contribution in [-0.4, -0.2) is 31.1 Å². The van der Waals surface area contributed by atoms with Crippen molar-refractivity contribution in [1.82, 2.24) is 5.32 Å². The van der Waals surface area contributed by atoms with E-state index >= 15 is 0 Å². The summed E-state index contributed by atoms with van der Waals surface area (Å²) in [5.41, 5.74) is -1.00. The molecule has 0 radical (unpaired) electrons. The number of carbonyl (C=O) groups is 2. The van der Waals surface area contributed by atoms with Crippen LogP contribution in [0.3, 0.4) is 0 Å². The molecule has 0 atom stereocenters. The van der Waals surface area contributed by atoms with Crippen molar-refractivity contribution in [2.45, 2.75) is 0 Å². The van der Waals surface area contributed by atoms with E-state index in [4.69, 9.17) is 21.4 Å². The molecule has 3 rings (SSSR count). The Kier molecular flexibility index (Phi) is 7.36. The van der Waals surface area contributed by atoms with Gasteiger partial charge >= 0.3 is 0 Å². The highest BCUT2D eigenvalue weighted by Gasteiger charge is 2.30. The van der Waals surface area contributed by atoms with Crippen LogP contribution in [0.2, 0.25) is 0 Å². The van der Waals surface area contributed by atoms with E-state index in [0.717, 1.165) is 7.11 Å². The van der Waals surface area contributed by atoms with Gasteiger partial charge in [0.1, 0.15) is 11.3 Å². The molecule has 34 heavy (non-hydrogen) atoms. The number of hydrogen-bond donors (Lipinski definition) is 3. The Morgan fingerprint density at radius 1 is 0.912 bits per heavy atom. The number of methoxy groups -OCH3 is 2. The second kappa shape index (κ2) is 10.2. The summed E-state index contributed by atoms with van der Waals surface area (Å²) in [5, 5.41) is 6.60. The third-order valence-electron chi connectivity index (χ3n) is 4.33. The summed E-state index contributed by atoms with van der Waals surface area (Å²) in [5.74, 6) is -10.8. The first-order valence-electron chi connectivity index (χ1n) is 9.23. The van der Waals surface area contributed by atoms with Gasteiger partial charge in [-0.3, -0.25) is 14.9 Å². The maximum atomic E-state index is 14.1. The molecule has 0 saturated heterocycles. The molecule has 13 heteroatoms. The number of nitrogens with one attached hydrogen (secondary N) is 3. The maximum absolute atomic E-state index is 14.1. The second-order valence-corrected chi connectivity index (χ2v) is 6.83. The first-order valence-corrected chi connectivity index (χ1v) is 9.63. The average Bonchev–Trinajstić information content (AvgIpc) is 3.34. The number of halogens is 4. The Labute approximate surface area is 194 Å². The van der Waals surface area contributed by atoms with Gasteiger partial charge in [-0.15, -0.1) is 0 Å². The second-order valence-electron chi connectivity index (χ2n) is 6.42. The van der Waals surface area contributed by atoms with Gasteiger partial charge in [0.25, 0.3) is 11.8 Å². The molecule has 0 fully saturated rings. The minimum Gasteiger partial charge on any atom is -0.494 e. The lowest BCUT2D eigenvalue weighted by Gasteiger charge is -2.14. The summed E-state index contributed by atoms with van der Waals surface area (Å²) in [6.45, 7) is 0. The summed E-state index contributed by atoms with van der Waals surface area (Å²) in [6.07, 6.45) is 1.33. The van der Waals surface area contributed by atoms with Gasteiger partial charge in [-0.1, -0.05) is 0 Å². The summed E-state index contributed by atoms with van der Waals surface area (Å²) >= 11 is 4.93. The van der Waals surface area contributed by atoms with Crippen molar-refractivity contribution in [3.05, 3.63) is 71.2 Å². The fraction of sp³-hybridized carbons (Fsp3) is 0.0952. The highest BCUT2D eigenvalue weighted by atomic mass is 32.1. The maximum Gasteiger partial charge on any atom is 0.291 e. The van der Waals surface area contributed by atoms with Crippen LogP contribution in [0, 0.1) is 23.3 Å². The number of thiocarbonyl (C=S) groups is 1. The van der Waals surface area contributed by atoms with Crippen molar-refractivity contribution >= 4 is 40.5 Å². The zero-order chi connectivity index (χ0) is 25.0. The van der Waals surface area contributed by atoms with Gasteiger partial charge in [0.15, 0.2) is 28.3 Å². The number of carbonyl (C=O) groups excluding carboxylic acids is 2. The van der Waals surface area contributed by atoms with Gasteiger partial charge in [-0.2, -0.15) is 8.78 Å². The average molecular weight is 497 g/mol. The summed E-state index contributed by atoms with van der Waals surface area (Å²) in [6, 6.07) is 7.28. The van der Waals surface area contributed by atoms with Crippen LogP contribution < -0.4 is 25.4 Å². The minimum atomic E-state index is -1.95. The lowest BCUT2D eigenvalue weighted by Crippen LogP contribution is -2.35. The van der Waals surface area contributed by atoms with Gasteiger partial charge in [-0.05, 0) is 36.5 Å². The molecular weight excluding hydrogens is 482 g/mol. The van der Waals surface area contributed by atoms with Crippen LogP contribution in [0.5, 0.6) is 11.5 Å². The molecule has 0 aliphatic heterocycles. The van der Waals surface area contributed by atoms with Gasteiger partial charge in [0.2, 0.25) is 11.6 Å². The smallest absolute Gasteiger partial charge is 0.291 e. The zero-order valence-electron chi connectivity index (χ0n) is 17.4. The first kappa shape index (κ1) is 24.5. The molecule has 8 nitrogen and oxygen atoms in total. The molecule has 1 heterocycles. The van der Waals surface area contributed by atoms with E-state index in [1.165, 1.54) is 37.6 Å². The molecule has 3 N–H and O–H groups in total. The van der Waals surface area contributed by atoms with E-state index in [9.17, 15) is 27.2 Å². The molecule has 178 valence electrons. The van der Waals surface area contributed by atoms with Crippen LogP contribution in [0.4, 0.5) is 28.9 Å². The van der Waals surface area contributed by atoms with Crippen LogP contribution >= 0.6 is 12.2 Å². The van der Waals surface area contributed by atoms with E-state index < -0.39 is 51.5 Å². The van der Waals surface area contributed by atoms with Crippen molar-refractivity contribution in [3.8, 4) is 11.5 Å². The number of benzene rings is 2. The van der Waals surface area contributed by atoms with Gasteiger partial charge in [0, 0.05) is 11.8 Å². The Morgan fingerprint density at radius 3 is 2.15 bits per heavy atom. The lowest BCUT2D eigenvalue weighted by atomic mass is 10.1. The standard InChI is InChI=1S/C21H15F4N3O5S/c1-31-12-8-9(5-6-10(12)27-19(29)11-4-3-7-33-11)26-21(34)28-20(30)13-14(22)16(24)18(32-2)17(25)15(13)23/h3-8H,1-2H3,(H,27,29)(H2,26,28,30,34). The lowest BCUT2D eigenvalue weighted by molar-refractivity contribution is 0.0964.